The minimum Gasteiger partial charge on any atom is -0.497 e. The number of carbonyl (C=O) groups excluding carboxylic acids is 2. The summed E-state index contributed by atoms with van der Waals surface area (Å²) in [6, 6.07) is 10.5. The van der Waals surface area contributed by atoms with Crippen LogP contribution in [0, 0.1) is 0 Å². The Morgan fingerprint density at radius 1 is 1.07 bits per heavy atom. The van der Waals surface area contributed by atoms with E-state index in [-0.39, 0.29) is 12.3 Å². The van der Waals surface area contributed by atoms with E-state index >= 15 is 0 Å². The first-order valence-electron chi connectivity index (χ1n) is 8.43. The van der Waals surface area contributed by atoms with Crippen molar-refractivity contribution < 1.29 is 23.8 Å². The van der Waals surface area contributed by atoms with Crippen molar-refractivity contribution in [2.75, 3.05) is 21.3 Å². The number of aryl methyl sites for hydroxylation is 1. The summed E-state index contributed by atoms with van der Waals surface area (Å²) in [5.74, 6) is 0.534. The summed E-state index contributed by atoms with van der Waals surface area (Å²) in [6.07, 6.45) is 0.106. The maximum Gasteiger partial charge on any atom is 0.337 e. The molecule has 0 spiro atoms. The van der Waals surface area contributed by atoms with Gasteiger partial charge in [0.15, 0.2) is 4.80 Å². The third-order valence-corrected chi connectivity index (χ3v) is 5.38. The van der Waals surface area contributed by atoms with Gasteiger partial charge in [-0.2, -0.15) is 4.99 Å². The summed E-state index contributed by atoms with van der Waals surface area (Å²) in [6.45, 7) is 0. The molecule has 0 saturated carbocycles. The number of nitrogens with zero attached hydrogens (tertiary/aromatic N) is 2. The van der Waals surface area contributed by atoms with E-state index in [0.29, 0.717) is 21.9 Å². The van der Waals surface area contributed by atoms with Gasteiger partial charge in [0.2, 0.25) is 0 Å². The third-order valence-electron chi connectivity index (χ3n) is 4.29. The van der Waals surface area contributed by atoms with E-state index in [1.807, 2.05) is 17.7 Å². The molecule has 1 amide bonds. The van der Waals surface area contributed by atoms with Gasteiger partial charge in [0.1, 0.15) is 11.5 Å². The predicted octanol–water partition coefficient (Wildman–Crippen LogP) is 2.71. The van der Waals surface area contributed by atoms with Crippen LogP contribution in [0.2, 0.25) is 0 Å². The molecule has 0 radical (unpaired) electrons. The number of amides is 1. The summed E-state index contributed by atoms with van der Waals surface area (Å²) in [7, 11) is 6.29. The quantitative estimate of drug-likeness (QED) is 0.616. The monoisotopic (exact) mass is 400 g/mol. The van der Waals surface area contributed by atoms with Crippen LogP contribution >= 0.6 is 11.3 Å². The Labute approximate surface area is 165 Å². The predicted molar refractivity (Wildman–Crippen MR) is 106 cm³/mol. The Balaban J connectivity index is 1.92. The highest BCUT2D eigenvalue weighted by atomic mass is 32.1. The number of carbonyl (C=O) groups is 2. The number of benzene rings is 2. The number of fused-ring (bicyclic) bond motifs is 1. The lowest BCUT2D eigenvalue weighted by Gasteiger charge is -2.08. The summed E-state index contributed by atoms with van der Waals surface area (Å²) < 4.78 is 17.9. The van der Waals surface area contributed by atoms with Crippen molar-refractivity contribution in [1.29, 1.82) is 0 Å². The fourth-order valence-corrected chi connectivity index (χ4v) is 3.87. The Hall–Kier alpha value is -3.13. The molecule has 7 nitrogen and oxygen atoms in total. The smallest absolute Gasteiger partial charge is 0.337 e. The number of ether oxygens (including phenoxy) is 3. The zero-order chi connectivity index (χ0) is 20.3. The van der Waals surface area contributed by atoms with Crippen LogP contribution in [-0.4, -0.2) is 37.8 Å². The third kappa shape index (κ3) is 3.91. The highest BCUT2D eigenvalue weighted by Gasteiger charge is 2.12. The van der Waals surface area contributed by atoms with E-state index in [9.17, 15) is 9.59 Å². The molecule has 0 saturated heterocycles. The number of rotatable bonds is 5. The first kappa shape index (κ1) is 19.6. The van der Waals surface area contributed by atoms with Crippen LogP contribution in [0.1, 0.15) is 15.9 Å². The van der Waals surface area contributed by atoms with E-state index in [2.05, 4.69) is 4.99 Å². The molecule has 0 aliphatic heterocycles. The molecule has 0 unspecified atom stereocenters. The molecule has 28 heavy (non-hydrogen) atoms. The van der Waals surface area contributed by atoms with Crippen molar-refractivity contribution in [3.05, 3.63) is 52.3 Å². The van der Waals surface area contributed by atoms with Gasteiger partial charge in [0, 0.05) is 18.7 Å². The Bertz CT molecular complexity index is 1110. The second kappa shape index (κ2) is 8.26. The van der Waals surface area contributed by atoms with Gasteiger partial charge in [-0.05, 0) is 24.3 Å². The van der Waals surface area contributed by atoms with Crippen LogP contribution in [0.25, 0.3) is 10.2 Å². The molecule has 1 heterocycles. The van der Waals surface area contributed by atoms with Crippen molar-refractivity contribution >= 4 is 33.4 Å². The molecular weight excluding hydrogens is 380 g/mol. The van der Waals surface area contributed by atoms with Gasteiger partial charge in [-0.15, -0.1) is 0 Å². The molecule has 0 bridgehead atoms. The summed E-state index contributed by atoms with van der Waals surface area (Å²) in [5.41, 5.74) is 2.07. The number of hydrogen-bond donors (Lipinski definition) is 0. The van der Waals surface area contributed by atoms with Crippen LogP contribution in [-0.2, 0) is 23.0 Å². The fraction of sp³-hybridized carbons (Fsp3) is 0.250. The molecule has 0 N–H and O–H groups in total. The fourth-order valence-electron chi connectivity index (χ4n) is 2.79. The average molecular weight is 400 g/mol. The standard InChI is InChI=1S/C20H20N2O5S/c1-22-15-8-6-13(19(24)27-4)9-17(15)28-20(22)21-18(23)10-12-5-7-14(25-2)11-16(12)26-3/h5-9,11H,10H2,1-4H3. The topological polar surface area (TPSA) is 79.1 Å². The molecular formula is C20H20N2O5S. The number of aromatic nitrogens is 1. The van der Waals surface area contributed by atoms with Gasteiger partial charge in [-0.3, -0.25) is 4.79 Å². The van der Waals surface area contributed by atoms with Gasteiger partial charge < -0.3 is 18.8 Å². The zero-order valence-electron chi connectivity index (χ0n) is 16.0. The van der Waals surface area contributed by atoms with E-state index < -0.39 is 5.97 Å². The first-order valence-corrected chi connectivity index (χ1v) is 9.24. The number of hydrogen-bond acceptors (Lipinski definition) is 6. The van der Waals surface area contributed by atoms with Crippen LogP contribution < -0.4 is 14.3 Å². The van der Waals surface area contributed by atoms with Crippen molar-refractivity contribution in [2.45, 2.75) is 6.42 Å². The molecule has 0 fully saturated rings. The maximum atomic E-state index is 12.5. The number of thiazole rings is 1. The van der Waals surface area contributed by atoms with Gasteiger partial charge in [0.25, 0.3) is 5.91 Å². The van der Waals surface area contributed by atoms with Crippen molar-refractivity contribution in [2.24, 2.45) is 12.0 Å². The van der Waals surface area contributed by atoms with Gasteiger partial charge in [0.05, 0.1) is 43.5 Å². The second-order valence-corrected chi connectivity index (χ2v) is 6.99. The van der Waals surface area contributed by atoms with Gasteiger partial charge in [-0.1, -0.05) is 17.4 Å². The molecule has 3 rings (SSSR count). The van der Waals surface area contributed by atoms with E-state index in [4.69, 9.17) is 14.2 Å². The van der Waals surface area contributed by atoms with Gasteiger partial charge >= 0.3 is 5.97 Å². The maximum absolute atomic E-state index is 12.5. The molecule has 8 heteroatoms. The largest absolute Gasteiger partial charge is 0.497 e. The SMILES string of the molecule is COC(=O)c1ccc2c(c1)sc(=NC(=O)Cc1ccc(OC)cc1OC)n2C. The molecule has 2 aromatic carbocycles. The Kier molecular flexibility index (Phi) is 5.79. The van der Waals surface area contributed by atoms with Crippen LogP contribution in [0.3, 0.4) is 0 Å². The molecule has 0 aliphatic rings. The Morgan fingerprint density at radius 3 is 2.54 bits per heavy atom. The highest BCUT2D eigenvalue weighted by Crippen LogP contribution is 2.25. The minimum absolute atomic E-state index is 0.106. The van der Waals surface area contributed by atoms with E-state index in [0.717, 1.165) is 15.8 Å². The lowest BCUT2D eigenvalue weighted by molar-refractivity contribution is -0.117. The van der Waals surface area contributed by atoms with Crippen LogP contribution in [0.15, 0.2) is 41.4 Å². The lowest BCUT2D eigenvalue weighted by Crippen LogP contribution is -2.14. The molecule has 3 aromatic rings. The molecule has 146 valence electrons. The minimum atomic E-state index is -0.404. The lowest BCUT2D eigenvalue weighted by atomic mass is 10.1. The van der Waals surface area contributed by atoms with Crippen molar-refractivity contribution in [3.63, 3.8) is 0 Å². The van der Waals surface area contributed by atoms with Gasteiger partial charge in [-0.25, -0.2) is 4.79 Å². The van der Waals surface area contributed by atoms with Crippen molar-refractivity contribution in [3.8, 4) is 11.5 Å². The van der Waals surface area contributed by atoms with Crippen LogP contribution in [0.5, 0.6) is 11.5 Å². The average Bonchev–Trinajstić information content (AvgIpc) is 3.02. The summed E-state index contributed by atoms with van der Waals surface area (Å²) >= 11 is 1.34. The highest BCUT2D eigenvalue weighted by molar-refractivity contribution is 7.16. The normalized spacial score (nSPS) is 11.5. The second-order valence-electron chi connectivity index (χ2n) is 5.98. The first-order chi connectivity index (χ1) is 13.5. The van der Waals surface area contributed by atoms with E-state index in [1.54, 1.807) is 44.6 Å². The van der Waals surface area contributed by atoms with E-state index in [1.165, 1.54) is 18.4 Å². The van der Waals surface area contributed by atoms with Crippen molar-refractivity contribution in [1.82, 2.24) is 4.57 Å². The Morgan fingerprint density at radius 2 is 1.86 bits per heavy atom. The number of esters is 1. The summed E-state index contributed by atoms with van der Waals surface area (Å²) in [4.78, 5) is 29.0. The molecule has 0 atom stereocenters. The molecule has 0 aliphatic carbocycles. The number of methoxy groups -OCH3 is 3. The summed E-state index contributed by atoms with van der Waals surface area (Å²) in [5, 5.41) is 0. The van der Waals surface area contributed by atoms with Crippen LogP contribution in [0.4, 0.5) is 0 Å². The zero-order valence-corrected chi connectivity index (χ0v) is 16.8. The molecule has 1 aromatic heterocycles.